The molecular formula is C12H9F4NO3. The lowest BCUT2D eigenvalue weighted by atomic mass is 9.90. The number of hydrogen-bond donors (Lipinski definition) is 1. The van der Waals surface area contributed by atoms with Crippen molar-refractivity contribution in [3.8, 4) is 0 Å². The van der Waals surface area contributed by atoms with E-state index in [2.05, 4.69) is 10.1 Å². The number of rotatable bonds is 2. The summed E-state index contributed by atoms with van der Waals surface area (Å²) in [6.07, 6.45) is -5.24. The number of alkyl halides is 4. The average Bonchev–Trinajstić information content (AvgIpc) is 2.35. The van der Waals surface area contributed by atoms with Gasteiger partial charge in [-0.25, -0.2) is 14.0 Å². The first-order valence-corrected chi connectivity index (χ1v) is 5.56. The summed E-state index contributed by atoms with van der Waals surface area (Å²) in [7, 11) is 0. The SMILES string of the molecule is O=C(OC(=O)C(F)(F)F)c1ccc(C2(F)CNC2)cc1. The summed E-state index contributed by atoms with van der Waals surface area (Å²) in [5, 5.41) is 2.74. The first-order chi connectivity index (χ1) is 9.22. The Morgan fingerprint density at radius 3 is 2.10 bits per heavy atom. The zero-order chi connectivity index (χ0) is 15.0. The second kappa shape index (κ2) is 4.86. The highest BCUT2D eigenvalue weighted by Crippen LogP contribution is 2.30. The molecule has 1 aliphatic heterocycles. The van der Waals surface area contributed by atoms with Crippen LogP contribution in [0.25, 0.3) is 0 Å². The molecule has 0 aromatic heterocycles. The van der Waals surface area contributed by atoms with E-state index in [0.717, 1.165) is 12.1 Å². The Morgan fingerprint density at radius 2 is 1.70 bits per heavy atom. The molecule has 0 unspecified atom stereocenters. The highest BCUT2D eigenvalue weighted by Gasteiger charge is 2.43. The Kier molecular flexibility index (Phi) is 3.51. The molecular weight excluding hydrogens is 282 g/mol. The van der Waals surface area contributed by atoms with E-state index < -0.39 is 23.8 Å². The predicted octanol–water partition coefficient (Wildman–Crippen LogP) is 1.70. The van der Waals surface area contributed by atoms with Gasteiger partial charge in [-0.15, -0.1) is 0 Å². The molecule has 1 heterocycles. The molecule has 1 aromatic rings. The van der Waals surface area contributed by atoms with Crippen molar-refractivity contribution in [3.05, 3.63) is 35.4 Å². The summed E-state index contributed by atoms with van der Waals surface area (Å²) < 4.78 is 53.4. The van der Waals surface area contributed by atoms with Crippen LogP contribution in [0.5, 0.6) is 0 Å². The molecule has 0 spiro atoms. The Labute approximate surface area is 110 Å². The highest BCUT2D eigenvalue weighted by atomic mass is 19.4. The molecule has 0 amide bonds. The Morgan fingerprint density at radius 1 is 1.15 bits per heavy atom. The third-order valence-electron chi connectivity index (χ3n) is 2.87. The van der Waals surface area contributed by atoms with Gasteiger partial charge in [0.15, 0.2) is 5.67 Å². The van der Waals surface area contributed by atoms with E-state index in [0.29, 0.717) is 5.56 Å². The topological polar surface area (TPSA) is 55.4 Å². The molecule has 108 valence electrons. The third kappa shape index (κ3) is 2.79. The molecule has 0 saturated carbocycles. The van der Waals surface area contributed by atoms with Crippen molar-refractivity contribution in [2.75, 3.05) is 13.1 Å². The highest BCUT2D eigenvalue weighted by molar-refractivity contribution is 5.98. The van der Waals surface area contributed by atoms with Crippen LogP contribution < -0.4 is 5.32 Å². The van der Waals surface area contributed by atoms with E-state index in [4.69, 9.17) is 0 Å². The zero-order valence-electron chi connectivity index (χ0n) is 9.96. The first kappa shape index (κ1) is 14.4. The van der Waals surface area contributed by atoms with Gasteiger partial charge in [-0.2, -0.15) is 13.2 Å². The molecule has 8 heteroatoms. The van der Waals surface area contributed by atoms with Gasteiger partial charge in [0, 0.05) is 13.1 Å². The summed E-state index contributed by atoms with van der Waals surface area (Å²) in [6.45, 7) is 0.257. The van der Waals surface area contributed by atoms with Crippen LogP contribution in [0.2, 0.25) is 0 Å². The molecule has 0 radical (unpaired) electrons. The molecule has 1 N–H and O–H groups in total. The Bertz CT molecular complexity index is 535. The predicted molar refractivity (Wildman–Crippen MR) is 58.6 cm³/mol. The minimum atomic E-state index is -5.24. The summed E-state index contributed by atoms with van der Waals surface area (Å²) in [5.41, 5.74) is -1.50. The van der Waals surface area contributed by atoms with Gasteiger partial charge in [-0.05, 0) is 17.7 Å². The quantitative estimate of drug-likeness (QED) is 0.512. The molecule has 4 nitrogen and oxygen atoms in total. The molecule has 0 atom stereocenters. The van der Waals surface area contributed by atoms with Crippen LogP contribution in [0, 0.1) is 0 Å². The lowest BCUT2D eigenvalue weighted by Crippen LogP contribution is -2.53. The number of benzene rings is 1. The minimum absolute atomic E-state index is 0.128. The second-order valence-electron chi connectivity index (χ2n) is 4.32. The maximum absolute atomic E-state index is 14.0. The van der Waals surface area contributed by atoms with Crippen LogP contribution in [0.4, 0.5) is 17.6 Å². The van der Waals surface area contributed by atoms with Crippen molar-refractivity contribution in [2.45, 2.75) is 11.8 Å². The minimum Gasteiger partial charge on any atom is -0.383 e. The van der Waals surface area contributed by atoms with Gasteiger partial charge in [0.25, 0.3) is 0 Å². The van der Waals surface area contributed by atoms with Crippen molar-refractivity contribution < 1.29 is 31.9 Å². The molecule has 1 aromatic carbocycles. The normalized spacial score (nSPS) is 17.2. The van der Waals surface area contributed by atoms with Gasteiger partial charge in [0.05, 0.1) is 5.56 Å². The van der Waals surface area contributed by atoms with Crippen molar-refractivity contribution in [1.82, 2.24) is 5.32 Å². The van der Waals surface area contributed by atoms with Gasteiger partial charge in [0.1, 0.15) is 0 Å². The fourth-order valence-electron chi connectivity index (χ4n) is 1.65. The van der Waals surface area contributed by atoms with Gasteiger partial charge in [-0.1, -0.05) is 12.1 Å². The van der Waals surface area contributed by atoms with Gasteiger partial charge < -0.3 is 10.1 Å². The third-order valence-corrected chi connectivity index (χ3v) is 2.87. The number of ether oxygens (including phenoxy) is 1. The lowest BCUT2D eigenvalue weighted by Gasteiger charge is -2.35. The average molecular weight is 291 g/mol. The lowest BCUT2D eigenvalue weighted by molar-refractivity contribution is -0.193. The number of carbonyl (C=O) groups excluding carboxylic acids is 2. The van der Waals surface area contributed by atoms with Gasteiger partial charge in [0.2, 0.25) is 0 Å². The van der Waals surface area contributed by atoms with E-state index in [1.54, 1.807) is 0 Å². The summed E-state index contributed by atoms with van der Waals surface area (Å²) in [6, 6.07) is 4.77. The Hall–Kier alpha value is -1.96. The number of esters is 2. The fraction of sp³-hybridized carbons (Fsp3) is 0.333. The van der Waals surface area contributed by atoms with E-state index in [1.807, 2.05) is 0 Å². The number of nitrogens with one attached hydrogen (secondary N) is 1. The molecule has 1 fully saturated rings. The molecule has 20 heavy (non-hydrogen) atoms. The first-order valence-electron chi connectivity index (χ1n) is 5.56. The fourth-order valence-corrected chi connectivity index (χ4v) is 1.65. The van der Waals surface area contributed by atoms with E-state index in [1.165, 1.54) is 12.1 Å². The summed E-state index contributed by atoms with van der Waals surface area (Å²) >= 11 is 0. The van der Waals surface area contributed by atoms with E-state index in [-0.39, 0.29) is 18.7 Å². The maximum atomic E-state index is 14.0. The van der Waals surface area contributed by atoms with Crippen molar-refractivity contribution >= 4 is 11.9 Å². The molecule has 0 bridgehead atoms. The summed E-state index contributed by atoms with van der Waals surface area (Å²) in [5.74, 6) is -4.02. The molecule has 1 saturated heterocycles. The number of halogens is 4. The molecule has 0 aliphatic carbocycles. The standard InChI is InChI=1S/C12H9F4NO3/c13-11(5-17-6-11)8-3-1-7(2-4-8)9(18)20-10(19)12(14,15)16/h1-4,17H,5-6H2. The zero-order valence-corrected chi connectivity index (χ0v) is 9.96. The van der Waals surface area contributed by atoms with Gasteiger partial charge >= 0.3 is 18.1 Å². The molecule has 1 aliphatic rings. The Balaban J connectivity index is 2.06. The van der Waals surface area contributed by atoms with Crippen LogP contribution in [-0.2, 0) is 15.2 Å². The van der Waals surface area contributed by atoms with E-state index >= 15 is 0 Å². The number of hydrogen-bond acceptors (Lipinski definition) is 4. The van der Waals surface area contributed by atoms with Crippen molar-refractivity contribution in [2.24, 2.45) is 0 Å². The summed E-state index contributed by atoms with van der Waals surface area (Å²) in [4.78, 5) is 21.8. The maximum Gasteiger partial charge on any atom is 0.491 e. The van der Waals surface area contributed by atoms with Crippen molar-refractivity contribution in [1.29, 1.82) is 0 Å². The van der Waals surface area contributed by atoms with Crippen LogP contribution in [0.1, 0.15) is 15.9 Å². The van der Waals surface area contributed by atoms with Gasteiger partial charge in [-0.3, -0.25) is 0 Å². The van der Waals surface area contributed by atoms with Crippen LogP contribution in [0.15, 0.2) is 24.3 Å². The largest absolute Gasteiger partial charge is 0.491 e. The second-order valence-corrected chi connectivity index (χ2v) is 4.32. The van der Waals surface area contributed by atoms with Crippen LogP contribution in [0.3, 0.4) is 0 Å². The van der Waals surface area contributed by atoms with E-state index in [9.17, 15) is 27.2 Å². The molecule has 2 rings (SSSR count). The van der Waals surface area contributed by atoms with Crippen molar-refractivity contribution in [3.63, 3.8) is 0 Å². The van der Waals surface area contributed by atoms with Crippen LogP contribution in [-0.4, -0.2) is 31.2 Å². The monoisotopic (exact) mass is 291 g/mol. The number of carbonyl (C=O) groups is 2. The van der Waals surface area contributed by atoms with Crippen LogP contribution >= 0.6 is 0 Å². The smallest absolute Gasteiger partial charge is 0.383 e.